The van der Waals surface area contributed by atoms with Crippen LogP contribution in [0, 0.1) is 0 Å². The van der Waals surface area contributed by atoms with E-state index in [-0.39, 0.29) is 5.38 Å². The van der Waals surface area contributed by atoms with Crippen LogP contribution in [0.3, 0.4) is 0 Å². The van der Waals surface area contributed by atoms with Crippen molar-refractivity contribution < 1.29 is 5.11 Å². The van der Waals surface area contributed by atoms with Gasteiger partial charge in [-0.1, -0.05) is 58.5 Å². The predicted molar refractivity (Wildman–Crippen MR) is 149 cm³/mol. The fourth-order valence-electron chi connectivity index (χ4n) is 2.84. The number of hydrogen-bond donors (Lipinski definition) is 1. The Kier molecular flexibility index (Phi) is 10.5. The predicted octanol–water partition coefficient (Wildman–Crippen LogP) is 9.71. The Morgan fingerprint density at radius 3 is 1.56 bits per heavy atom. The number of aliphatic hydroxyl groups is 1. The molecule has 0 amide bonds. The first kappa shape index (κ1) is 27.7. The monoisotopic (exact) mass is 680 g/mol. The van der Waals surface area contributed by atoms with Crippen molar-refractivity contribution in [3.8, 4) is 0 Å². The third-order valence-corrected chi connectivity index (χ3v) is 7.05. The molecule has 2 aromatic carbocycles. The van der Waals surface area contributed by atoms with E-state index in [1.807, 2.05) is 24.3 Å². The second-order valence-electron chi connectivity index (χ2n) is 6.90. The molecule has 0 spiro atoms. The molecule has 0 saturated carbocycles. The quantitative estimate of drug-likeness (QED) is 0.218. The van der Waals surface area contributed by atoms with Crippen LogP contribution < -0.4 is 0 Å². The topological polar surface area (TPSA) is 46.0 Å². The van der Waals surface area contributed by atoms with Crippen LogP contribution in [-0.2, 0) is 0 Å². The molecule has 3 nitrogen and oxygen atoms in total. The minimum absolute atomic E-state index is 0.382. The van der Waals surface area contributed by atoms with Gasteiger partial charge in [0.1, 0.15) is 11.5 Å². The molecule has 10 heteroatoms. The number of aliphatic hydroxyl groups excluding tert-OH is 1. The number of alkyl halides is 1. The number of benzene rings is 2. The Morgan fingerprint density at radius 2 is 1.12 bits per heavy atom. The van der Waals surface area contributed by atoms with Crippen molar-refractivity contribution >= 4 is 89.9 Å². The summed E-state index contributed by atoms with van der Waals surface area (Å²) in [4.78, 5) is 8.38. The smallest absolute Gasteiger partial charge is 0.122 e. The molecule has 176 valence electrons. The molecule has 0 bridgehead atoms. The van der Waals surface area contributed by atoms with E-state index >= 15 is 0 Å². The number of hydrogen-bond acceptors (Lipinski definition) is 3. The average molecular weight is 684 g/mol. The van der Waals surface area contributed by atoms with Crippen LogP contribution >= 0.6 is 89.9 Å². The van der Waals surface area contributed by atoms with Gasteiger partial charge in [-0.3, -0.25) is 9.97 Å². The van der Waals surface area contributed by atoms with Crippen molar-refractivity contribution in [1.29, 1.82) is 0 Å². The molecule has 2 unspecified atom stereocenters. The highest BCUT2D eigenvalue weighted by Crippen LogP contribution is 2.34. The highest BCUT2D eigenvalue weighted by atomic mass is 79.9. The summed E-state index contributed by atoms with van der Waals surface area (Å²) < 4.78 is 1.77. The summed E-state index contributed by atoms with van der Waals surface area (Å²) in [5, 5.41) is 11.9. The first-order valence-electron chi connectivity index (χ1n) is 9.60. The van der Waals surface area contributed by atoms with Crippen LogP contribution in [0.15, 0.2) is 82.0 Å². The van der Waals surface area contributed by atoms with Gasteiger partial charge in [0.05, 0.1) is 11.4 Å². The highest BCUT2D eigenvalue weighted by molar-refractivity contribution is 9.10. The lowest BCUT2D eigenvalue weighted by molar-refractivity contribution is 0.215. The van der Waals surface area contributed by atoms with E-state index in [0.29, 0.717) is 31.3 Å². The van der Waals surface area contributed by atoms with Crippen molar-refractivity contribution in [2.45, 2.75) is 11.5 Å². The summed E-state index contributed by atoms with van der Waals surface area (Å²) in [6.45, 7) is 0. The van der Waals surface area contributed by atoms with Crippen LogP contribution in [0.5, 0.6) is 0 Å². The SMILES string of the molecule is Clc1ccc(C(Cl)c2ccc(Br)cn2)c(Cl)c1.OC(c1ccc(Br)cn1)c1ccc(Cl)cc1Cl. The lowest BCUT2D eigenvalue weighted by atomic mass is 10.1. The lowest BCUT2D eigenvalue weighted by Crippen LogP contribution is -2.02. The molecular weight excluding hydrogens is 669 g/mol. The van der Waals surface area contributed by atoms with Crippen LogP contribution in [0.1, 0.15) is 34.0 Å². The molecule has 0 saturated heterocycles. The molecule has 2 atom stereocenters. The third-order valence-electron chi connectivity index (χ3n) is 4.53. The molecule has 4 aromatic rings. The molecule has 34 heavy (non-hydrogen) atoms. The summed E-state index contributed by atoms with van der Waals surface area (Å²) in [7, 11) is 0. The lowest BCUT2D eigenvalue weighted by Gasteiger charge is -2.12. The van der Waals surface area contributed by atoms with E-state index < -0.39 is 6.10 Å². The molecule has 1 N–H and O–H groups in total. The van der Waals surface area contributed by atoms with Crippen LogP contribution in [0.2, 0.25) is 20.1 Å². The second-order valence-corrected chi connectivity index (χ2v) is 10.9. The van der Waals surface area contributed by atoms with Crippen molar-refractivity contribution in [1.82, 2.24) is 9.97 Å². The number of rotatable bonds is 4. The Morgan fingerprint density at radius 1 is 0.647 bits per heavy atom. The molecule has 0 radical (unpaired) electrons. The summed E-state index contributed by atoms with van der Waals surface area (Å²) in [6, 6.07) is 17.5. The van der Waals surface area contributed by atoms with Crippen LogP contribution in [-0.4, -0.2) is 15.1 Å². The van der Waals surface area contributed by atoms with E-state index in [4.69, 9.17) is 58.0 Å². The zero-order valence-corrected chi connectivity index (χ0v) is 24.0. The van der Waals surface area contributed by atoms with E-state index in [9.17, 15) is 5.11 Å². The maximum absolute atomic E-state index is 10.1. The Labute approximate surface area is 239 Å². The summed E-state index contributed by atoms with van der Waals surface area (Å²) in [5.74, 6) is 0. The fraction of sp³-hybridized carbons (Fsp3) is 0.0833. The first-order chi connectivity index (χ1) is 16.2. The van der Waals surface area contributed by atoms with Crippen LogP contribution in [0.25, 0.3) is 0 Å². The average Bonchev–Trinajstić information content (AvgIpc) is 2.80. The number of nitrogens with zero attached hydrogens (tertiary/aromatic N) is 2. The van der Waals surface area contributed by atoms with E-state index in [1.54, 1.807) is 48.8 Å². The molecule has 0 aliphatic heterocycles. The Hall–Kier alpha value is -0.890. The van der Waals surface area contributed by atoms with Gasteiger partial charge in [0.15, 0.2) is 0 Å². The summed E-state index contributed by atoms with van der Waals surface area (Å²) >= 11 is 36.7. The van der Waals surface area contributed by atoms with Gasteiger partial charge in [-0.05, 0) is 86.0 Å². The number of pyridine rings is 2. The summed E-state index contributed by atoms with van der Waals surface area (Å²) in [5.41, 5.74) is 2.68. The normalized spacial score (nSPS) is 12.5. The van der Waals surface area contributed by atoms with Crippen molar-refractivity contribution in [3.05, 3.63) is 125 Å². The Balaban J connectivity index is 0.000000191. The Bertz CT molecular complexity index is 1160. The second kappa shape index (κ2) is 12.9. The standard InChI is InChI=1S/C12H7BrCl3N.C12H8BrCl2NO/c13-7-1-4-11(17-6-7)12(16)9-3-2-8(14)5-10(9)15;13-7-1-4-11(16-6-7)12(17)9-3-2-8(14)5-10(9)15/h1-6,12H;1-6,12,17H. The maximum Gasteiger partial charge on any atom is 0.122 e. The van der Waals surface area contributed by atoms with Gasteiger partial charge >= 0.3 is 0 Å². The minimum Gasteiger partial charge on any atom is -0.382 e. The maximum atomic E-state index is 10.1. The molecule has 2 heterocycles. The first-order valence-corrected chi connectivity index (χ1v) is 13.1. The zero-order valence-electron chi connectivity index (χ0n) is 17.1. The third kappa shape index (κ3) is 7.55. The number of halogens is 7. The largest absolute Gasteiger partial charge is 0.382 e. The molecule has 4 rings (SSSR count). The van der Waals surface area contributed by atoms with Gasteiger partial charge in [0, 0.05) is 47.0 Å². The van der Waals surface area contributed by atoms with Gasteiger partial charge in [-0.25, -0.2) is 0 Å². The zero-order chi connectivity index (χ0) is 24.8. The number of aromatic nitrogens is 2. The molecule has 0 aliphatic carbocycles. The van der Waals surface area contributed by atoms with Gasteiger partial charge < -0.3 is 5.11 Å². The van der Waals surface area contributed by atoms with Crippen LogP contribution in [0.4, 0.5) is 0 Å². The van der Waals surface area contributed by atoms with Gasteiger partial charge in [-0.15, -0.1) is 11.6 Å². The summed E-state index contributed by atoms with van der Waals surface area (Å²) in [6.07, 6.45) is 2.48. The molecular formula is C24H15Br2Cl5N2O. The van der Waals surface area contributed by atoms with Crippen molar-refractivity contribution in [3.63, 3.8) is 0 Å². The van der Waals surface area contributed by atoms with Gasteiger partial charge in [0.25, 0.3) is 0 Å². The van der Waals surface area contributed by atoms with Crippen molar-refractivity contribution in [2.75, 3.05) is 0 Å². The molecule has 0 aliphatic rings. The van der Waals surface area contributed by atoms with Gasteiger partial charge in [-0.2, -0.15) is 0 Å². The van der Waals surface area contributed by atoms with E-state index in [2.05, 4.69) is 41.8 Å². The molecule has 0 fully saturated rings. The van der Waals surface area contributed by atoms with E-state index in [1.165, 1.54) is 0 Å². The van der Waals surface area contributed by atoms with Crippen molar-refractivity contribution in [2.24, 2.45) is 0 Å². The fourth-order valence-corrected chi connectivity index (χ4v) is 4.71. The highest BCUT2D eigenvalue weighted by Gasteiger charge is 2.16. The molecule has 2 aromatic heterocycles. The van der Waals surface area contributed by atoms with Gasteiger partial charge in [0.2, 0.25) is 0 Å². The minimum atomic E-state index is -0.854. The van der Waals surface area contributed by atoms with E-state index in [0.717, 1.165) is 20.2 Å².